The molecule has 0 aliphatic rings. The minimum Gasteiger partial charge on any atom is -0.495 e. The van der Waals surface area contributed by atoms with Gasteiger partial charge in [0.05, 0.1) is 26.0 Å². The monoisotopic (exact) mass is 330 g/mol. The molecule has 0 aliphatic heterocycles. The van der Waals surface area contributed by atoms with Gasteiger partial charge < -0.3 is 25.2 Å². The molecule has 0 saturated carbocycles. The van der Waals surface area contributed by atoms with Gasteiger partial charge in [-0.15, -0.1) is 0 Å². The van der Waals surface area contributed by atoms with Crippen LogP contribution < -0.4 is 10.1 Å². The van der Waals surface area contributed by atoms with E-state index in [1.165, 1.54) is 13.2 Å². The highest BCUT2D eigenvalue weighted by atomic mass is 35.5. The second-order valence-corrected chi connectivity index (χ2v) is 4.90. The van der Waals surface area contributed by atoms with E-state index in [2.05, 4.69) is 5.32 Å². The summed E-state index contributed by atoms with van der Waals surface area (Å²) in [5, 5.41) is 20.7. The molecule has 0 fully saturated rings. The van der Waals surface area contributed by atoms with Gasteiger partial charge in [0.15, 0.2) is 0 Å². The summed E-state index contributed by atoms with van der Waals surface area (Å²) < 4.78 is 5.11. The van der Waals surface area contributed by atoms with Crippen LogP contribution >= 0.6 is 11.6 Å². The van der Waals surface area contributed by atoms with Crippen molar-refractivity contribution in [1.29, 1.82) is 0 Å². The first-order valence-electron chi connectivity index (χ1n) is 6.60. The zero-order valence-corrected chi connectivity index (χ0v) is 13.2. The number of amides is 2. The highest BCUT2D eigenvalue weighted by Crippen LogP contribution is 2.30. The molecular weight excluding hydrogens is 312 g/mol. The Morgan fingerprint density at radius 2 is 1.86 bits per heavy atom. The van der Waals surface area contributed by atoms with Crippen molar-refractivity contribution in [3.8, 4) is 5.75 Å². The molecule has 0 aliphatic carbocycles. The fourth-order valence-electron chi connectivity index (χ4n) is 1.81. The van der Waals surface area contributed by atoms with E-state index in [1.807, 2.05) is 0 Å². The van der Waals surface area contributed by atoms with Crippen molar-refractivity contribution in [3.63, 3.8) is 0 Å². The minimum absolute atomic E-state index is 0.0381. The number of hydrogen-bond donors (Lipinski definition) is 3. The van der Waals surface area contributed by atoms with Crippen LogP contribution in [-0.2, 0) is 9.59 Å². The molecule has 122 valence electrons. The van der Waals surface area contributed by atoms with Crippen molar-refractivity contribution in [3.05, 3.63) is 22.7 Å². The Bertz CT molecular complexity index is 544. The van der Waals surface area contributed by atoms with Crippen molar-refractivity contribution >= 4 is 29.1 Å². The summed E-state index contributed by atoms with van der Waals surface area (Å²) >= 11 is 5.97. The summed E-state index contributed by atoms with van der Waals surface area (Å²) in [5.74, 6) is -1.41. The van der Waals surface area contributed by atoms with E-state index in [-0.39, 0.29) is 26.3 Å². The van der Waals surface area contributed by atoms with Crippen molar-refractivity contribution in [1.82, 2.24) is 4.90 Å². The van der Waals surface area contributed by atoms with E-state index >= 15 is 0 Å². The lowest BCUT2D eigenvalue weighted by Gasteiger charge is -2.20. The minimum atomic E-state index is -0.887. The van der Waals surface area contributed by atoms with Crippen LogP contribution in [0.25, 0.3) is 0 Å². The number of halogens is 1. The normalized spacial score (nSPS) is 10.2. The molecule has 1 rings (SSSR count). The van der Waals surface area contributed by atoms with E-state index in [9.17, 15) is 9.59 Å². The van der Waals surface area contributed by atoms with Crippen LogP contribution in [-0.4, -0.2) is 60.3 Å². The lowest BCUT2D eigenvalue weighted by Crippen LogP contribution is -2.42. The first kappa shape index (κ1) is 18.2. The molecule has 2 amide bonds. The molecule has 0 radical (unpaired) electrons. The summed E-state index contributed by atoms with van der Waals surface area (Å²) in [6.07, 6.45) is 0. The maximum atomic E-state index is 12.0. The van der Waals surface area contributed by atoms with Gasteiger partial charge in [-0.1, -0.05) is 11.6 Å². The average molecular weight is 331 g/mol. The maximum absolute atomic E-state index is 12.0. The summed E-state index contributed by atoms with van der Waals surface area (Å²) in [5.41, 5.74) is 1.03. The van der Waals surface area contributed by atoms with E-state index < -0.39 is 11.8 Å². The van der Waals surface area contributed by atoms with Gasteiger partial charge in [0.1, 0.15) is 5.75 Å². The zero-order valence-electron chi connectivity index (χ0n) is 12.4. The van der Waals surface area contributed by atoms with E-state index in [0.29, 0.717) is 22.0 Å². The molecule has 0 aromatic heterocycles. The number of hydrogen-bond acceptors (Lipinski definition) is 5. The lowest BCUT2D eigenvalue weighted by atomic mass is 10.2. The molecule has 1 aromatic rings. The van der Waals surface area contributed by atoms with Crippen LogP contribution in [0.15, 0.2) is 12.1 Å². The second-order valence-electron chi connectivity index (χ2n) is 4.50. The number of anilines is 1. The van der Waals surface area contributed by atoms with Gasteiger partial charge in [0.2, 0.25) is 0 Å². The van der Waals surface area contributed by atoms with Gasteiger partial charge in [-0.3, -0.25) is 9.59 Å². The third-order valence-electron chi connectivity index (χ3n) is 2.95. The summed E-state index contributed by atoms with van der Waals surface area (Å²) in [4.78, 5) is 25.1. The SMILES string of the molecule is COc1cc(Cl)c(C)cc1NC(=O)C(=O)N(CCO)CCO. The molecule has 8 heteroatoms. The average Bonchev–Trinajstić information content (AvgIpc) is 2.49. The number of aliphatic hydroxyl groups is 2. The van der Waals surface area contributed by atoms with Crippen LogP contribution in [0.1, 0.15) is 5.56 Å². The molecule has 0 bridgehead atoms. The molecule has 0 unspecified atom stereocenters. The largest absolute Gasteiger partial charge is 0.495 e. The number of nitrogens with one attached hydrogen (secondary N) is 1. The fraction of sp³-hybridized carbons (Fsp3) is 0.429. The van der Waals surface area contributed by atoms with E-state index in [4.69, 9.17) is 26.6 Å². The predicted octanol–water partition coefficient (Wildman–Crippen LogP) is 0.409. The Kier molecular flexibility index (Phi) is 7.10. The number of carbonyl (C=O) groups excluding carboxylic acids is 2. The van der Waals surface area contributed by atoms with Gasteiger partial charge in [-0.2, -0.15) is 0 Å². The smallest absolute Gasteiger partial charge is 0.314 e. The van der Waals surface area contributed by atoms with Crippen LogP contribution in [0.3, 0.4) is 0 Å². The number of rotatable bonds is 6. The molecule has 0 heterocycles. The molecule has 0 atom stereocenters. The Balaban J connectivity index is 2.91. The van der Waals surface area contributed by atoms with Gasteiger partial charge in [0, 0.05) is 24.2 Å². The van der Waals surface area contributed by atoms with Crippen molar-refractivity contribution < 1.29 is 24.5 Å². The van der Waals surface area contributed by atoms with Gasteiger partial charge in [-0.05, 0) is 18.6 Å². The summed E-state index contributed by atoms with van der Waals surface area (Å²) in [7, 11) is 1.42. The standard InChI is InChI=1S/C14H19ClN2O5/c1-9-7-11(12(22-2)8-10(9)15)16-13(20)14(21)17(3-5-18)4-6-19/h7-8,18-19H,3-6H2,1-2H3,(H,16,20). The number of carbonyl (C=O) groups is 2. The number of aliphatic hydroxyl groups excluding tert-OH is 2. The van der Waals surface area contributed by atoms with Crippen LogP contribution in [0.2, 0.25) is 5.02 Å². The first-order chi connectivity index (χ1) is 10.4. The van der Waals surface area contributed by atoms with Gasteiger partial charge in [-0.25, -0.2) is 0 Å². The Morgan fingerprint density at radius 3 is 2.36 bits per heavy atom. The highest BCUT2D eigenvalue weighted by molar-refractivity contribution is 6.39. The topological polar surface area (TPSA) is 99.1 Å². The fourth-order valence-corrected chi connectivity index (χ4v) is 1.96. The number of aryl methyl sites for hydroxylation is 1. The number of methoxy groups -OCH3 is 1. The molecule has 3 N–H and O–H groups in total. The van der Waals surface area contributed by atoms with Crippen LogP contribution in [0.4, 0.5) is 5.69 Å². The van der Waals surface area contributed by atoms with E-state index in [0.717, 1.165) is 4.90 Å². The first-order valence-corrected chi connectivity index (χ1v) is 6.98. The molecule has 1 aromatic carbocycles. The number of benzene rings is 1. The molecule has 22 heavy (non-hydrogen) atoms. The number of ether oxygens (including phenoxy) is 1. The van der Waals surface area contributed by atoms with Gasteiger partial charge in [0.25, 0.3) is 0 Å². The third-order valence-corrected chi connectivity index (χ3v) is 3.36. The number of nitrogens with zero attached hydrogens (tertiary/aromatic N) is 1. The molecular formula is C14H19ClN2O5. The lowest BCUT2D eigenvalue weighted by molar-refractivity contribution is -0.143. The van der Waals surface area contributed by atoms with Crippen molar-refractivity contribution in [2.24, 2.45) is 0 Å². The van der Waals surface area contributed by atoms with Gasteiger partial charge >= 0.3 is 11.8 Å². The van der Waals surface area contributed by atoms with Crippen LogP contribution in [0.5, 0.6) is 5.75 Å². The molecule has 0 spiro atoms. The summed E-state index contributed by atoms with van der Waals surface area (Å²) in [6, 6.07) is 3.13. The third kappa shape index (κ3) is 4.59. The summed E-state index contributed by atoms with van der Waals surface area (Å²) in [6.45, 7) is 1.07. The predicted molar refractivity (Wildman–Crippen MR) is 82.1 cm³/mol. The maximum Gasteiger partial charge on any atom is 0.314 e. The quantitative estimate of drug-likeness (QED) is 0.656. The van der Waals surface area contributed by atoms with Crippen LogP contribution in [0, 0.1) is 6.92 Å². The highest BCUT2D eigenvalue weighted by Gasteiger charge is 2.22. The van der Waals surface area contributed by atoms with Crippen molar-refractivity contribution in [2.45, 2.75) is 6.92 Å². The second kappa shape index (κ2) is 8.57. The van der Waals surface area contributed by atoms with Crippen molar-refractivity contribution in [2.75, 3.05) is 38.7 Å². The Hall–Kier alpha value is -1.83. The molecule has 0 saturated heterocycles. The molecule has 7 nitrogen and oxygen atoms in total. The Morgan fingerprint density at radius 1 is 1.27 bits per heavy atom. The zero-order chi connectivity index (χ0) is 16.7. The van der Waals surface area contributed by atoms with E-state index in [1.54, 1.807) is 13.0 Å². The Labute approximate surface area is 133 Å².